The largest absolute Gasteiger partial charge is 0.467 e. The monoisotopic (exact) mass is 440 g/mol. The molecule has 1 fully saturated rings. The Morgan fingerprint density at radius 3 is 2.62 bits per heavy atom. The SMILES string of the molecule is COCOc1ccccc1-c1oc2c(OC3CCCCO3)cccc2c(=O)c1C(=O)OC. The summed E-state index contributed by atoms with van der Waals surface area (Å²) < 4.78 is 33.4. The van der Waals surface area contributed by atoms with Crippen LogP contribution in [0.1, 0.15) is 29.6 Å². The fourth-order valence-corrected chi connectivity index (χ4v) is 3.61. The molecule has 0 radical (unpaired) electrons. The first-order valence-electron chi connectivity index (χ1n) is 10.3. The van der Waals surface area contributed by atoms with E-state index in [9.17, 15) is 9.59 Å². The molecule has 1 aromatic heterocycles. The Morgan fingerprint density at radius 2 is 1.88 bits per heavy atom. The Hall–Kier alpha value is -3.36. The molecule has 1 unspecified atom stereocenters. The van der Waals surface area contributed by atoms with Gasteiger partial charge in [-0.05, 0) is 37.1 Å². The topological polar surface area (TPSA) is 93.4 Å². The van der Waals surface area contributed by atoms with Gasteiger partial charge in [-0.1, -0.05) is 18.2 Å². The number of carbonyl (C=O) groups is 1. The smallest absolute Gasteiger partial charge is 0.345 e. The Labute approximate surface area is 184 Å². The summed E-state index contributed by atoms with van der Waals surface area (Å²) in [4.78, 5) is 26.0. The van der Waals surface area contributed by atoms with E-state index >= 15 is 0 Å². The minimum atomic E-state index is -0.806. The standard InChI is InChI=1S/C24H24O8/c1-27-14-30-17-10-4-3-8-15(17)23-20(24(26)28-2)21(25)16-9-7-11-18(22(16)32-23)31-19-12-5-6-13-29-19/h3-4,7-11,19H,5-6,12-14H2,1-2H3. The van der Waals surface area contributed by atoms with E-state index in [1.807, 2.05) is 0 Å². The van der Waals surface area contributed by atoms with Gasteiger partial charge in [0.05, 0.1) is 24.7 Å². The highest BCUT2D eigenvalue weighted by Crippen LogP contribution is 2.36. The molecule has 2 aromatic carbocycles. The quantitative estimate of drug-likeness (QED) is 0.400. The Morgan fingerprint density at radius 1 is 1.06 bits per heavy atom. The summed E-state index contributed by atoms with van der Waals surface area (Å²) in [5.74, 6) is -0.0312. The predicted molar refractivity (Wildman–Crippen MR) is 116 cm³/mol. The number of fused-ring (bicyclic) bond motifs is 1. The van der Waals surface area contributed by atoms with Crippen LogP contribution < -0.4 is 14.9 Å². The van der Waals surface area contributed by atoms with Crippen molar-refractivity contribution in [2.75, 3.05) is 27.6 Å². The van der Waals surface area contributed by atoms with Crippen LogP contribution in [0.4, 0.5) is 0 Å². The van der Waals surface area contributed by atoms with Gasteiger partial charge in [0.25, 0.3) is 0 Å². The van der Waals surface area contributed by atoms with E-state index in [2.05, 4.69) is 0 Å². The fraction of sp³-hybridized carbons (Fsp3) is 0.333. The lowest BCUT2D eigenvalue weighted by atomic mass is 10.0. The van der Waals surface area contributed by atoms with Gasteiger partial charge in [-0.25, -0.2) is 4.79 Å². The van der Waals surface area contributed by atoms with Gasteiger partial charge in [0.2, 0.25) is 5.43 Å². The van der Waals surface area contributed by atoms with Gasteiger partial charge >= 0.3 is 5.97 Å². The van der Waals surface area contributed by atoms with Gasteiger partial charge in [0.1, 0.15) is 5.75 Å². The second-order valence-corrected chi connectivity index (χ2v) is 7.22. The van der Waals surface area contributed by atoms with Crippen LogP contribution in [0.25, 0.3) is 22.3 Å². The zero-order valence-electron chi connectivity index (χ0n) is 17.9. The third-order valence-electron chi connectivity index (χ3n) is 5.13. The Balaban J connectivity index is 1.92. The number of ether oxygens (including phenoxy) is 5. The summed E-state index contributed by atoms with van der Waals surface area (Å²) in [5, 5.41) is 0.206. The predicted octanol–water partition coefficient (Wildman–Crippen LogP) is 4.13. The van der Waals surface area contributed by atoms with E-state index in [0.29, 0.717) is 23.7 Å². The number of hydrogen-bond acceptors (Lipinski definition) is 8. The third kappa shape index (κ3) is 4.32. The Kier molecular flexibility index (Phi) is 6.72. The molecule has 1 saturated heterocycles. The zero-order chi connectivity index (χ0) is 22.5. The van der Waals surface area contributed by atoms with Crippen LogP contribution in [0.5, 0.6) is 11.5 Å². The van der Waals surface area contributed by atoms with Crippen LogP contribution in [-0.2, 0) is 14.2 Å². The summed E-state index contributed by atoms with van der Waals surface area (Å²) in [7, 11) is 2.71. The van der Waals surface area contributed by atoms with Crippen LogP contribution in [0.2, 0.25) is 0 Å². The van der Waals surface area contributed by atoms with Crippen molar-refractivity contribution in [2.45, 2.75) is 25.6 Å². The lowest BCUT2D eigenvalue weighted by Gasteiger charge is -2.23. The van der Waals surface area contributed by atoms with Crippen molar-refractivity contribution in [1.82, 2.24) is 0 Å². The molecule has 0 amide bonds. The highest BCUT2D eigenvalue weighted by molar-refractivity contribution is 6.00. The molecule has 0 aliphatic carbocycles. The normalized spacial score (nSPS) is 16.0. The summed E-state index contributed by atoms with van der Waals surface area (Å²) in [6, 6.07) is 11.9. The van der Waals surface area contributed by atoms with Crippen molar-refractivity contribution >= 4 is 16.9 Å². The van der Waals surface area contributed by atoms with E-state index in [1.54, 1.807) is 42.5 Å². The average Bonchev–Trinajstić information content (AvgIpc) is 2.83. The number of para-hydroxylation sites is 2. The van der Waals surface area contributed by atoms with Crippen molar-refractivity contribution in [1.29, 1.82) is 0 Å². The number of carbonyl (C=O) groups excluding carboxylic acids is 1. The zero-order valence-corrected chi connectivity index (χ0v) is 17.9. The van der Waals surface area contributed by atoms with Crippen LogP contribution in [-0.4, -0.2) is 39.9 Å². The molecule has 2 heterocycles. The molecule has 0 bridgehead atoms. The summed E-state index contributed by atoms with van der Waals surface area (Å²) >= 11 is 0. The lowest BCUT2D eigenvalue weighted by Crippen LogP contribution is -2.25. The first kappa shape index (κ1) is 21.9. The second-order valence-electron chi connectivity index (χ2n) is 7.22. The maximum Gasteiger partial charge on any atom is 0.345 e. The molecule has 8 heteroatoms. The van der Waals surface area contributed by atoms with Gasteiger partial charge < -0.3 is 28.1 Å². The van der Waals surface area contributed by atoms with E-state index in [1.165, 1.54) is 14.2 Å². The molecule has 0 spiro atoms. The Bertz CT molecular complexity index is 1160. The first-order valence-corrected chi connectivity index (χ1v) is 10.3. The molecule has 1 aliphatic heterocycles. The summed E-state index contributed by atoms with van der Waals surface area (Å²) in [6.07, 6.45) is 2.28. The van der Waals surface area contributed by atoms with Gasteiger partial charge in [-0.2, -0.15) is 0 Å². The van der Waals surface area contributed by atoms with E-state index in [-0.39, 0.29) is 29.1 Å². The van der Waals surface area contributed by atoms with Crippen molar-refractivity contribution in [3.63, 3.8) is 0 Å². The first-order chi connectivity index (χ1) is 15.6. The van der Waals surface area contributed by atoms with Crippen molar-refractivity contribution in [2.24, 2.45) is 0 Å². The van der Waals surface area contributed by atoms with E-state index in [0.717, 1.165) is 19.3 Å². The highest BCUT2D eigenvalue weighted by atomic mass is 16.7. The van der Waals surface area contributed by atoms with Crippen molar-refractivity contribution < 1.29 is 32.9 Å². The molecule has 0 N–H and O–H groups in total. The average molecular weight is 440 g/mol. The number of hydrogen-bond donors (Lipinski definition) is 0. The van der Waals surface area contributed by atoms with Crippen molar-refractivity contribution in [3.8, 4) is 22.8 Å². The molecule has 0 saturated carbocycles. The molecular formula is C24H24O8. The molecule has 4 rings (SSSR count). The minimum Gasteiger partial charge on any atom is -0.467 e. The number of methoxy groups -OCH3 is 2. The summed E-state index contributed by atoms with van der Waals surface area (Å²) in [6.45, 7) is 0.594. The molecule has 3 aromatic rings. The van der Waals surface area contributed by atoms with E-state index < -0.39 is 17.7 Å². The van der Waals surface area contributed by atoms with Gasteiger partial charge in [-0.3, -0.25) is 4.79 Å². The van der Waals surface area contributed by atoms with E-state index in [4.69, 9.17) is 28.1 Å². The van der Waals surface area contributed by atoms with Crippen molar-refractivity contribution in [3.05, 3.63) is 58.3 Å². The molecular weight excluding hydrogens is 416 g/mol. The van der Waals surface area contributed by atoms with Crippen LogP contribution >= 0.6 is 0 Å². The lowest BCUT2D eigenvalue weighted by molar-refractivity contribution is -0.105. The van der Waals surface area contributed by atoms with Gasteiger partial charge in [0.15, 0.2) is 35.7 Å². The molecule has 1 aliphatic rings. The molecule has 1 atom stereocenters. The highest BCUT2D eigenvalue weighted by Gasteiger charge is 2.27. The molecule has 168 valence electrons. The number of esters is 1. The molecule has 32 heavy (non-hydrogen) atoms. The van der Waals surface area contributed by atoms with Gasteiger partial charge in [0, 0.05) is 13.5 Å². The third-order valence-corrected chi connectivity index (χ3v) is 5.13. The summed E-state index contributed by atoms with van der Waals surface area (Å²) in [5.41, 5.74) is -0.118. The van der Waals surface area contributed by atoms with Gasteiger partial charge in [-0.15, -0.1) is 0 Å². The fourth-order valence-electron chi connectivity index (χ4n) is 3.61. The maximum atomic E-state index is 13.4. The van der Waals surface area contributed by atoms with Crippen LogP contribution in [0, 0.1) is 0 Å². The second kappa shape index (κ2) is 9.84. The maximum absolute atomic E-state index is 13.4. The number of rotatable bonds is 7. The molecule has 8 nitrogen and oxygen atoms in total. The van der Waals surface area contributed by atoms with Crippen LogP contribution in [0.15, 0.2) is 51.7 Å². The van der Waals surface area contributed by atoms with Crippen LogP contribution in [0.3, 0.4) is 0 Å². The number of benzene rings is 2. The minimum absolute atomic E-state index is 0.0181.